The van der Waals surface area contributed by atoms with Gasteiger partial charge in [0.25, 0.3) is 0 Å². The first kappa shape index (κ1) is 28.3. The molecular weight excluding hydrogens is 611 g/mol. The molecule has 0 amide bonds. The Kier molecular flexibility index (Phi) is 6.46. The van der Waals surface area contributed by atoms with Crippen molar-refractivity contribution in [2.24, 2.45) is 0 Å². The maximum Gasteiger partial charge on any atom is 0.151 e. The van der Waals surface area contributed by atoms with Crippen LogP contribution in [0.4, 0.5) is 34.1 Å². The summed E-state index contributed by atoms with van der Waals surface area (Å²) in [6, 6.07) is 66.7. The lowest BCUT2D eigenvalue weighted by Gasteiger charge is -2.32. The average molecular weight is 642 g/mol. The number of anilines is 6. The van der Waals surface area contributed by atoms with Gasteiger partial charge >= 0.3 is 0 Å². The molecule has 0 radical (unpaired) electrons. The van der Waals surface area contributed by atoms with Crippen LogP contribution < -0.4 is 14.5 Å². The zero-order chi connectivity index (χ0) is 33.0. The van der Waals surface area contributed by atoms with Crippen LogP contribution in [-0.4, -0.2) is 4.57 Å². The fraction of sp³-hybridized carbons (Fsp3) is 0. The third-order valence-corrected chi connectivity index (χ3v) is 9.74. The Morgan fingerprint density at radius 3 is 1.74 bits per heavy atom. The minimum Gasteiger partial charge on any atom is -0.453 e. The second kappa shape index (κ2) is 11.4. The van der Waals surface area contributed by atoms with Gasteiger partial charge in [-0.15, -0.1) is 0 Å². The molecule has 0 atom stereocenters. The first-order valence-electron chi connectivity index (χ1n) is 17.0. The molecule has 8 aromatic carbocycles. The van der Waals surface area contributed by atoms with Gasteiger partial charge in [0.15, 0.2) is 11.5 Å². The monoisotopic (exact) mass is 641 g/mol. The van der Waals surface area contributed by atoms with E-state index < -0.39 is 0 Å². The van der Waals surface area contributed by atoms with E-state index in [0.717, 1.165) is 62.3 Å². The summed E-state index contributed by atoms with van der Waals surface area (Å²) in [5.41, 5.74) is 9.93. The topological polar surface area (TPSA) is 20.6 Å². The van der Waals surface area contributed by atoms with E-state index >= 15 is 0 Å². The molecule has 0 aliphatic carbocycles. The van der Waals surface area contributed by atoms with Gasteiger partial charge < -0.3 is 19.1 Å². The highest BCUT2D eigenvalue weighted by atomic mass is 16.5. The fourth-order valence-electron chi connectivity index (χ4n) is 7.59. The van der Waals surface area contributed by atoms with Crippen molar-refractivity contribution < 1.29 is 4.74 Å². The van der Waals surface area contributed by atoms with Gasteiger partial charge in [0.1, 0.15) is 0 Å². The highest BCUT2D eigenvalue weighted by Gasteiger charge is 2.26. The molecule has 1 aromatic heterocycles. The molecule has 0 spiro atoms. The largest absolute Gasteiger partial charge is 0.453 e. The Balaban J connectivity index is 1.17. The molecule has 10 rings (SSSR count). The van der Waals surface area contributed by atoms with Gasteiger partial charge in [-0.25, -0.2) is 0 Å². The van der Waals surface area contributed by atoms with Crippen molar-refractivity contribution in [3.8, 4) is 17.2 Å². The van der Waals surface area contributed by atoms with Crippen LogP contribution in [0.15, 0.2) is 188 Å². The lowest BCUT2D eigenvalue weighted by molar-refractivity contribution is 0.477. The molecule has 4 heteroatoms. The van der Waals surface area contributed by atoms with E-state index in [9.17, 15) is 0 Å². The van der Waals surface area contributed by atoms with E-state index in [4.69, 9.17) is 4.74 Å². The van der Waals surface area contributed by atoms with Crippen LogP contribution in [0.25, 0.3) is 38.3 Å². The molecule has 0 N–H and O–H groups in total. The number of aromatic nitrogens is 1. The van der Waals surface area contributed by atoms with Crippen molar-refractivity contribution in [3.63, 3.8) is 0 Å². The first-order valence-corrected chi connectivity index (χ1v) is 17.0. The number of hydrogen-bond donors (Lipinski definition) is 0. The van der Waals surface area contributed by atoms with E-state index in [1.165, 1.54) is 21.5 Å². The quantitative estimate of drug-likeness (QED) is 0.187. The first-order chi connectivity index (χ1) is 24.8. The predicted molar refractivity (Wildman–Crippen MR) is 208 cm³/mol. The van der Waals surface area contributed by atoms with Crippen molar-refractivity contribution in [1.82, 2.24) is 4.57 Å². The second-order valence-corrected chi connectivity index (χ2v) is 12.6. The number of nitrogens with zero attached hydrogens (tertiary/aromatic N) is 3. The summed E-state index contributed by atoms with van der Waals surface area (Å²) in [6.07, 6.45) is 0. The normalized spacial score (nSPS) is 12.1. The van der Waals surface area contributed by atoms with Gasteiger partial charge in [0, 0.05) is 33.2 Å². The number of benzene rings is 8. The molecule has 50 heavy (non-hydrogen) atoms. The van der Waals surface area contributed by atoms with E-state index in [0.29, 0.717) is 0 Å². The number of ether oxygens (including phenoxy) is 1. The summed E-state index contributed by atoms with van der Waals surface area (Å²) in [7, 11) is 0. The molecule has 0 unspecified atom stereocenters. The minimum absolute atomic E-state index is 0.847. The molecular formula is C46H31N3O. The lowest BCUT2D eigenvalue weighted by atomic mass is 10.0. The Labute approximate surface area is 290 Å². The molecule has 0 saturated carbocycles. The molecule has 0 fully saturated rings. The maximum absolute atomic E-state index is 6.28. The molecule has 2 heterocycles. The smallest absolute Gasteiger partial charge is 0.151 e. The predicted octanol–water partition coefficient (Wildman–Crippen LogP) is 13.0. The summed E-state index contributed by atoms with van der Waals surface area (Å²) in [6.45, 7) is 0. The third-order valence-electron chi connectivity index (χ3n) is 9.74. The standard InChI is InChI=1S/C46H31N3O/c1-2-16-33(17-3-1)47(38-23-12-15-32-14-4-5-18-36(32)38)42-24-13-25-43-46(42)37-19-6-7-20-39(37)48(43)34-28-30-35(31-29-34)49-40-21-8-10-26-44(40)50-45-27-11-9-22-41(45)49/h1-31H. The Hall–Kier alpha value is -6.78. The molecule has 4 nitrogen and oxygen atoms in total. The van der Waals surface area contributed by atoms with Gasteiger partial charge in [0.2, 0.25) is 0 Å². The van der Waals surface area contributed by atoms with E-state index in [1.54, 1.807) is 0 Å². The van der Waals surface area contributed by atoms with Gasteiger partial charge in [-0.1, -0.05) is 103 Å². The van der Waals surface area contributed by atoms with Crippen molar-refractivity contribution in [2.45, 2.75) is 0 Å². The van der Waals surface area contributed by atoms with Crippen molar-refractivity contribution in [3.05, 3.63) is 188 Å². The van der Waals surface area contributed by atoms with Crippen LogP contribution in [0.5, 0.6) is 11.5 Å². The Bertz CT molecular complexity index is 2640. The highest BCUT2D eigenvalue weighted by molar-refractivity contribution is 6.17. The van der Waals surface area contributed by atoms with Gasteiger partial charge in [-0.3, -0.25) is 0 Å². The van der Waals surface area contributed by atoms with Gasteiger partial charge in [-0.05, 0) is 90.3 Å². The molecule has 1 aliphatic rings. The van der Waals surface area contributed by atoms with Crippen LogP contribution in [0.1, 0.15) is 0 Å². The van der Waals surface area contributed by atoms with Crippen LogP contribution >= 0.6 is 0 Å². The maximum atomic E-state index is 6.28. The fourth-order valence-corrected chi connectivity index (χ4v) is 7.59. The highest BCUT2D eigenvalue weighted by Crippen LogP contribution is 2.50. The summed E-state index contributed by atoms with van der Waals surface area (Å²) < 4.78 is 8.67. The Morgan fingerprint density at radius 1 is 0.400 bits per heavy atom. The van der Waals surface area contributed by atoms with Crippen LogP contribution in [0, 0.1) is 0 Å². The Morgan fingerprint density at radius 2 is 0.960 bits per heavy atom. The number of para-hydroxylation sites is 6. The summed E-state index contributed by atoms with van der Waals surface area (Å²) in [5, 5.41) is 4.84. The minimum atomic E-state index is 0.847. The number of hydrogen-bond acceptors (Lipinski definition) is 3. The zero-order valence-electron chi connectivity index (χ0n) is 27.1. The van der Waals surface area contributed by atoms with E-state index in [1.807, 2.05) is 24.3 Å². The lowest BCUT2D eigenvalue weighted by Crippen LogP contribution is -2.15. The van der Waals surface area contributed by atoms with Crippen LogP contribution in [0.3, 0.4) is 0 Å². The molecule has 1 aliphatic heterocycles. The zero-order valence-corrected chi connectivity index (χ0v) is 27.1. The van der Waals surface area contributed by atoms with Crippen molar-refractivity contribution >= 4 is 66.7 Å². The summed E-state index contributed by atoms with van der Waals surface area (Å²) >= 11 is 0. The van der Waals surface area contributed by atoms with Crippen molar-refractivity contribution in [2.75, 3.05) is 9.80 Å². The number of rotatable bonds is 5. The molecule has 0 saturated heterocycles. The second-order valence-electron chi connectivity index (χ2n) is 12.6. The van der Waals surface area contributed by atoms with E-state index in [-0.39, 0.29) is 0 Å². The third kappa shape index (κ3) is 4.39. The molecule has 236 valence electrons. The van der Waals surface area contributed by atoms with Crippen LogP contribution in [-0.2, 0) is 0 Å². The average Bonchev–Trinajstić information content (AvgIpc) is 3.53. The molecule has 9 aromatic rings. The summed E-state index contributed by atoms with van der Waals surface area (Å²) in [5.74, 6) is 1.69. The van der Waals surface area contributed by atoms with Gasteiger partial charge in [-0.2, -0.15) is 0 Å². The SMILES string of the molecule is c1ccc(N(c2cccc3ccccc23)c2cccc3c2c2ccccc2n3-c2ccc(N3c4ccccc4Oc4ccccc43)cc2)cc1. The summed E-state index contributed by atoms with van der Waals surface area (Å²) in [4.78, 5) is 4.70. The van der Waals surface area contributed by atoms with E-state index in [2.05, 4.69) is 178 Å². The van der Waals surface area contributed by atoms with Crippen molar-refractivity contribution in [1.29, 1.82) is 0 Å². The number of fused-ring (bicyclic) bond motifs is 6. The van der Waals surface area contributed by atoms with Gasteiger partial charge in [0.05, 0.1) is 33.8 Å². The molecule has 0 bridgehead atoms. The van der Waals surface area contributed by atoms with Crippen LogP contribution in [0.2, 0.25) is 0 Å².